The van der Waals surface area contributed by atoms with Crippen molar-refractivity contribution in [1.82, 2.24) is 29.6 Å². The van der Waals surface area contributed by atoms with Gasteiger partial charge in [-0.25, -0.2) is 9.97 Å². The lowest BCUT2D eigenvalue weighted by Crippen LogP contribution is -2.46. The Bertz CT molecular complexity index is 1220. The highest BCUT2D eigenvalue weighted by Crippen LogP contribution is 2.28. The van der Waals surface area contributed by atoms with Crippen LogP contribution in [0, 0.1) is 12.3 Å². The van der Waals surface area contributed by atoms with Crippen molar-refractivity contribution in [2.75, 3.05) is 0 Å². The second-order valence-electron chi connectivity index (χ2n) is 8.99. The number of para-hydroxylation sites is 1. The minimum atomic E-state index is -0.133. The summed E-state index contributed by atoms with van der Waals surface area (Å²) in [5, 5.41) is 8.44. The van der Waals surface area contributed by atoms with Crippen molar-refractivity contribution >= 4 is 16.8 Å². The van der Waals surface area contributed by atoms with Gasteiger partial charge in [-0.05, 0) is 24.5 Å². The standard InChI is InChI=1S/C24H28N6O/c1-16-19(13-26-29(16)5)21-12-18(17-8-6-7-9-20(17)27-21)23(31)28-22(24(2,3)4)14-30-11-10-25-15-30/h6-13,15,22H,14H2,1-5H3,(H,28,31)/t22-/m1/s1. The van der Waals surface area contributed by atoms with Crippen molar-refractivity contribution in [3.8, 4) is 11.3 Å². The molecule has 0 fully saturated rings. The highest BCUT2D eigenvalue weighted by Gasteiger charge is 2.28. The number of aromatic nitrogens is 5. The number of amides is 1. The third-order valence-corrected chi connectivity index (χ3v) is 5.78. The second-order valence-corrected chi connectivity index (χ2v) is 8.99. The first kappa shape index (κ1) is 20.8. The Labute approximate surface area is 182 Å². The summed E-state index contributed by atoms with van der Waals surface area (Å²) in [4.78, 5) is 22.5. The maximum absolute atomic E-state index is 13.5. The zero-order valence-electron chi connectivity index (χ0n) is 18.6. The van der Waals surface area contributed by atoms with E-state index in [1.165, 1.54) is 0 Å². The molecule has 1 amide bonds. The van der Waals surface area contributed by atoms with Gasteiger partial charge in [-0.3, -0.25) is 9.48 Å². The van der Waals surface area contributed by atoms with Gasteiger partial charge in [0, 0.05) is 42.6 Å². The third kappa shape index (κ3) is 4.21. The first-order chi connectivity index (χ1) is 14.7. The van der Waals surface area contributed by atoms with Gasteiger partial charge in [0.25, 0.3) is 5.91 Å². The molecule has 7 heteroatoms. The molecule has 1 N–H and O–H groups in total. The molecule has 1 atom stereocenters. The van der Waals surface area contributed by atoms with Crippen molar-refractivity contribution in [3.63, 3.8) is 0 Å². The molecule has 0 radical (unpaired) electrons. The van der Waals surface area contributed by atoms with Crippen molar-refractivity contribution in [1.29, 1.82) is 0 Å². The van der Waals surface area contributed by atoms with E-state index in [9.17, 15) is 4.79 Å². The zero-order valence-corrected chi connectivity index (χ0v) is 18.6. The number of rotatable bonds is 5. The molecule has 160 valence electrons. The first-order valence-electron chi connectivity index (χ1n) is 10.4. The van der Waals surface area contributed by atoms with Gasteiger partial charge < -0.3 is 9.88 Å². The zero-order chi connectivity index (χ0) is 22.2. The van der Waals surface area contributed by atoms with Gasteiger partial charge in [0.2, 0.25) is 0 Å². The Kier molecular flexibility index (Phi) is 5.35. The van der Waals surface area contributed by atoms with Gasteiger partial charge >= 0.3 is 0 Å². The number of carbonyl (C=O) groups is 1. The predicted molar refractivity (Wildman–Crippen MR) is 122 cm³/mol. The lowest BCUT2D eigenvalue weighted by atomic mass is 9.86. The highest BCUT2D eigenvalue weighted by atomic mass is 16.1. The molecule has 4 rings (SSSR count). The van der Waals surface area contributed by atoms with Crippen LogP contribution in [0.2, 0.25) is 0 Å². The summed E-state index contributed by atoms with van der Waals surface area (Å²) >= 11 is 0. The number of imidazole rings is 1. The Morgan fingerprint density at radius 3 is 2.65 bits per heavy atom. The largest absolute Gasteiger partial charge is 0.347 e. The average molecular weight is 417 g/mol. The van der Waals surface area contributed by atoms with E-state index >= 15 is 0 Å². The molecule has 7 nitrogen and oxygen atoms in total. The minimum absolute atomic E-state index is 0.0790. The average Bonchev–Trinajstić information content (AvgIpc) is 3.36. The molecule has 0 saturated heterocycles. The number of carbonyl (C=O) groups excluding carboxylic acids is 1. The number of fused-ring (bicyclic) bond motifs is 1. The van der Waals surface area contributed by atoms with Gasteiger partial charge in [-0.2, -0.15) is 5.10 Å². The monoisotopic (exact) mass is 416 g/mol. The molecule has 3 aromatic heterocycles. The molecule has 3 heterocycles. The molecule has 4 aromatic rings. The topological polar surface area (TPSA) is 77.6 Å². The Hall–Kier alpha value is -3.48. The van der Waals surface area contributed by atoms with E-state index in [0.29, 0.717) is 12.1 Å². The van der Waals surface area contributed by atoms with Crippen molar-refractivity contribution in [3.05, 3.63) is 66.5 Å². The van der Waals surface area contributed by atoms with Crippen LogP contribution in [0.1, 0.15) is 36.8 Å². The van der Waals surface area contributed by atoms with E-state index < -0.39 is 0 Å². The van der Waals surface area contributed by atoms with Gasteiger partial charge in [0.05, 0.1) is 35.3 Å². The summed E-state index contributed by atoms with van der Waals surface area (Å²) in [7, 11) is 1.90. The first-order valence-corrected chi connectivity index (χ1v) is 10.4. The maximum atomic E-state index is 13.5. The molecule has 0 aliphatic carbocycles. The minimum Gasteiger partial charge on any atom is -0.347 e. The van der Waals surface area contributed by atoms with Crippen molar-refractivity contribution < 1.29 is 4.79 Å². The predicted octanol–water partition coefficient (Wildman–Crippen LogP) is 3.98. The molecule has 0 spiro atoms. The fourth-order valence-corrected chi connectivity index (χ4v) is 3.63. The third-order valence-electron chi connectivity index (χ3n) is 5.78. The Morgan fingerprint density at radius 1 is 1.23 bits per heavy atom. The highest BCUT2D eigenvalue weighted by molar-refractivity contribution is 6.07. The van der Waals surface area contributed by atoms with Crippen LogP contribution in [-0.4, -0.2) is 36.3 Å². The molecule has 0 aliphatic rings. The van der Waals surface area contributed by atoms with E-state index in [1.54, 1.807) is 18.7 Å². The van der Waals surface area contributed by atoms with Crippen molar-refractivity contribution in [2.24, 2.45) is 12.5 Å². The number of aryl methyl sites for hydroxylation is 1. The van der Waals surface area contributed by atoms with Crippen molar-refractivity contribution in [2.45, 2.75) is 40.3 Å². The number of nitrogens with zero attached hydrogens (tertiary/aromatic N) is 5. The lowest BCUT2D eigenvalue weighted by Gasteiger charge is -2.32. The van der Waals surface area contributed by atoms with Gasteiger partial charge in [-0.1, -0.05) is 39.0 Å². The fraction of sp³-hybridized carbons (Fsp3) is 0.333. The molecular formula is C24H28N6O. The molecule has 0 bridgehead atoms. The number of nitrogens with one attached hydrogen (secondary N) is 1. The van der Waals surface area contributed by atoms with Gasteiger partial charge in [0.15, 0.2) is 0 Å². The van der Waals surface area contributed by atoms with Crippen LogP contribution in [0.25, 0.3) is 22.2 Å². The summed E-state index contributed by atoms with van der Waals surface area (Å²) in [5.41, 5.74) is 3.94. The fourth-order valence-electron chi connectivity index (χ4n) is 3.63. The number of hydrogen-bond donors (Lipinski definition) is 1. The summed E-state index contributed by atoms with van der Waals surface area (Å²) in [6.07, 6.45) is 7.23. The molecule has 31 heavy (non-hydrogen) atoms. The Balaban J connectivity index is 1.75. The summed E-state index contributed by atoms with van der Waals surface area (Å²) in [5.74, 6) is -0.110. The van der Waals surface area contributed by atoms with E-state index in [1.807, 2.05) is 59.7 Å². The van der Waals surface area contributed by atoms with Crippen LogP contribution < -0.4 is 5.32 Å². The maximum Gasteiger partial charge on any atom is 0.252 e. The normalized spacial score (nSPS) is 12.8. The SMILES string of the molecule is Cc1c(-c2cc(C(=O)N[C@H](Cn3ccnc3)C(C)(C)C)c3ccccc3n2)cnn1C. The van der Waals surface area contributed by atoms with E-state index in [0.717, 1.165) is 27.9 Å². The molecular weight excluding hydrogens is 388 g/mol. The van der Waals surface area contributed by atoms with Crippen LogP contribution in [-0.2, 0) is 13.6 Å². The lowest BCUT2D eigenvalue weighted by molar-refractivity contribution is 0.0894. The van der Waals surface area contributed by atoms with E-state index in [2.05, 4.69) is 36.2 Å². The quantitative estimate of drug-likeness (QED) is 0.534. The molecule has 0 saturated carbocycles. The number of benzene rings is 1. The number of pyridine rings is 1. The van der Waals surface area contributed by atoms with Gasteiger partial charge in [-0.15, -0.1) is 0 Å². The van der Waals surface area contributed by atoms with E-state index in [-0.39, 0.29) is 17.4 Å². The summed E-state index contributed by atoms with van der Waals surface area (Å²) in [6.45, 7) is 9.03. The van der Waals surface area contributed by atoms with E-state index in [4.69, 9.17) is 4.98 Å². The van der Waals surface area contributed by atoms with Crippen LogP contribution in [0.3, 0.4) is 0 Å². The van der Waals surface area contributed by atoms with Gasteiger partial charge in [0.1, 0.15) is 0 Å². The summed E-state index contributed by atoms with van der Waals surface area (Å²) < 4.78 is 3.80. The second kappa shape index (κ2) is 7.98. The molecule has 0 aliphatic heterocycles. The van der Waals surface area contributed by atoms with Crippen LogP contribution in [0.5, 0.6) is 0 Å². The molecule has 1 aromatic carbocycles. The van der Waals surface area contributed by atoms with Crippen LogP contribution in [0.4, 0.5) is 0 Å². The molecule has 0 unspecified atom stereocenters. The summed E-state index contributed by atoms with van der Waals surface area (Å²) in [6, 6.07) is 9.55. The van der Waals surface area contributed by atoms with Crippen LogP contribution in [0.15, 0.2) is 55.2 Å². The smallest absolute Gasteiger partial charge is 0.252 e. The Morgan fingerprint density at radius 2 is 2.00 bits per heavy atom. The van der Waals surface area contributed by atoms with Crippen LogP contribution >= 0.6 is 0 Å². The number of hydrogen-bond acceptors (Lipinski definition) is 4.